The van der Waals surface area contributed by atoms with Gasteiger partial charge in [-0.3, -0.25) is 5.10 Å². The molecule has 1 aliphatic carbocycles. The van der Waals surface area contributed by atoms with E-state index in [1.807, 2.05) is 19.9 Å². The number of aromatic amines is 2. The number of benzene rings is 1. The van der Waals surface area contributed by atoms with E-state index in [1.165, 1.54) is 62.4 Å². The Kier molecular flexibility index (Phi) is 9.68. The normalized spacial score (nSPS) is 18.1. The van der Waals surface area contributed by atoms with Gasteiger partial charge in [-0.2, -0.15) is 5.10 Å². The van der Waals surface area contributed by atoms with Gasteiger partial charge in [0.1, 0.15) is 5.69 Å². The van der Waals surface area contributed by atoms with Gasteiger partial charge in [0.25, 0.3) is 0 Å². The Bertz CT molecular complexity index is 1610. The molecule has 2 aliphatic rings. The van der Waals surface area contributed by atoms with Crippen molar-refractivity contribution in [1.29, 1.82) is 0 Å². The third-order valence-electron chi connectivity index (χ3n) is 8.83. The van der Waals surface area contributed by atoms with Gasteiger partial charge in [0.15, 0.2) is 0 Å². The topological polar surface area (TPSA) is 59.7 Å². The Morgan fingerprint density at radius 2 is 1.83 bits per heavy atom. The number of allylic oxidation sites excluding steroid dienone is 6. The van der Waals surface area contributed by atoms with Crippen molar-refractivity contribution in [3.05, 3.63) is 95.3 Å². The predicted octanol–water partition coefficient (Wildman–Crippen LogP) is 7.78. The molecule has 0 atom stereocenters. The smallest absolute Gasteiger partial charge is 0.116 e. The highest BCUT2D eigenvalue weighted by atomic mass is 15.1. The zero-order valence-corrected chi connectivity index (χ0v) is 25.6. The summed E-state index contributed by atoms with van der Waals surface area (Å²) in [6.45, 7) is 19.2. The number of anilines is 1. The van der Waals surface area contributed by atoms with E-state index in [1.54, 1.807) is 0 Å². The highest BCUT2D eigenvalue weighted by molar-refractivity contribution is 5.96. The van der Waals surface area contributed by atoms with Crippen molar-refractivity contribution in [2.75, 3.05) is 18.0 Å². The Morgan fingerprint density at radius 1 is 1.07 bits per heavy atom. The molecule has 1 aromatic carbocycles. The summed E-state index contributed by atoms with van der Waals surface area (Å²) in [5.74, 6) is 0.734. The molecule has 0 spiro atoms. The third-order valence-corrected chi connectivity index (χ3v) is 8.83. The highest BCUT2D eigenvalue weighted by Crippen LogP contribution is 2.32. The van der Waals surface area contributed by atoms with E-state index in [2.05, 4.69) is 88.6 Å². The molecule has 0 unspecified atom stereocenters. The average Bonchev–Trinajstić information content (AvgIpc) is 3.63. The second-order valence-electron chi connectivity index (χ2n) is 11.8. The van der Waals surface area contributed by atoms with Gasteiger partial charge in [0, 0.05) is 46.3 Å². The standard InChI is InChI=1S/C37H47N5/c1-6-29(24-30(7-2)38-27(5)23-28-16-11-9-12-17-28)26(4)22-32-33(8-3)40-41-37(32)35-25-31-34(39-35)18-15-19-36(31)42-20-13-10-14-21-42/h6-8,15,18-19,22,24-25,28,38-40H,2,4-5,9-14,16-17,20-21,23H2,1,3H3/b29-6+,30-24+,32-22+,33-8+. The molecule has 3 heterocycles. The van der Waals surface area contributed by atoms with Crippen LogP contribution in [0, 0.1) is 5.92 Å². The van der Waals surface area contributed by atoms with Crippen molar-refractivity contribution >= 4 is 28.7 Å². The lowest BCUT2D eigenvalue weighted by molar-refractivity contribution is 0.353. The maximum Gasteiger partial charge on any atom is 0.116 e. The molecule has 1 saturated heterocycles. The van der Waals surface area contributed by atoms with Crippen molar-refractivity contribution in [1.82, 2.24) is 20.5 Å². The number of fused-ring (bicyclic) bond motifs is 1. The molecule has 1 aliphatic heterocycles. The number of hydrogen-bond donors (Lipinski definition) is 3. The molecule has 3 aromatic rings. The van der Waals surface area contributed by atoms with Crippen LogP contribution in [-0.4, -0.2) is 28.3 Å². The maximum atomic E-state index is 4.76. The fourth-order valence-electron chi connectivity index (χ4n) is 6.54. The van der Waals surface area contributed by atoms with Gasteiger partial charge in [-0.25, -0.2) is 0 Å². The van der Waals surface area contributed by atoms with E-state index in [0.29, 0.717) is 0 Å². The van der Waals surface area contributed by atoms with E-state index in [-0.39, 0.29) is 0 Å². The number of piperidine rings is 1. The summed E-state index contributed by atoms with van der Waals surface area (Å²) >= 11 is 0. The van der Waals surface area contributed by atoms with Crippen LogP contribution in [0.15, 0.2) is 84.8 Å². The van der Waals surface area contributed by atoms with Crippen LogP contribution < -0.4 is 20.8 Å². The van der Waals surface area contributed by atoms with Crippen LogP contribution in [0.25, 0.3) is 34.4 Å². The minimum Gasteiger partial charge on any atom is -0.371 e. The fraction of sp³-hybridized carbons (Fsp3) is 0.378. The highest BCUT2D eigenvalue weighted by Gasteiger charge is 2.17. The van der Waals surface area contributed by atoms with Crippen molar-refractivity contribution in [2.45, 2.75) is 71.6 Å². The molecule has 3 N–H and O–H groups in total. The quantitative estimate of drug-likeness (QED) is 0.222. The molecule has 2 fully saturated rings. The number of nitrogens with one attached hydrogen (secondary N) is 3. The number of H-pyrrole nitrogens is 2. The van der Waals surface area contributed by atoms with Crippen molar-refractivity contribution in [3.63, 3.8) is 0 Å². The van der Waals surface area contributed by atoms with Crippen molar-refractivity contribution in [2.24, 2.45) is 5.92 Å². The minimum absolute atomic E-state index is 0.734. The Balaban J connectivity index is 1.42. The van der Waals surface area contributed by atoms with Crippen LogP contribution in [0.4, 0.5) is 5.69 Å². The van der Waals surface area contributed by atoms with Gasteiger partial charge in [-0.15, -0.1) is 0 Å². The Morgan fingerprint density at radius 3 is 2.55 bits per heavy atom. The van der Waals surface area contributed by atoms with E-state index < -0.39 is 0 Å². The Hall–Kier alpha value is -3.99. The van der Waals surface area contributed by atoms with Gasteiger partial charge >= 0.3 is 0 Å². The molecule has 0 amide bonds. The van der Waals surface area contributed by atoms with E-state index in [9.17, 15) is 0 Å². The van der Waals surface area contributed by atoms with Crippen molar-refractivity contribution < 1.29 is 0 Å². The Labute approximate surface area is 251 Å². The summed E-state index contributed by atoms with van der Waals surface area (Å²) in [4.78, 5) is 6.17. The predicted molar refractivity (Wildman–Crippen MR) is 180 cm³/mol. The van der Waals surface area contributed by atoms with Crippen LogP contribution in [-0.2, 0) is 0 Å². The first-order valence-electron chi connectivity index (χ1n) is 15.7. The molecular weight excluding hydrogens is 514 g/mol. The molecule has 5 nitrogen and oxygen atoms in total. The molecule has 1 saturated carbocycles. The summed E-state index contributed by atoms with van der Waals surface area (Å²) in [5, 5.41) is 14.8. The lowest BCUT2D eigenvalue weighted by Crippen LogP contribution is -2.29. The second kappa shape index (κ2) is 13.8. The van der Waals surface area contributed by atoms with E-state index >= 15 is 0 Å². The first-order chi connectivity index (χ1) is 20.5. The lowest BCUT2D eigenvalue weighted by Gasteiger charge is -2.29. The van der Waals surface area contributed by atoms with Gasteiger partial charge < -0.3 is 15.2 Å². The minimum atomic E-state index is 0.734. The fourth-order valence-corrected chi connectivity index (χ4v) is 6.54. The summed E-state index contributed by atoms with van der Waals surface area (Å²) < 4.78 is 0. The summed E-state index contributed by atoms with van der Waals surface area (Å²) in [5.41, 5.74) is 8.27. The lowest BCUT2D eigenvalue weighted by atomic mass is 9.86. The number of nitrogens with zero attached hydrogens (tertiary/aromatic N) is 2. The third kappa shape index (κ3) is 6.73. The monoisotopic (exact) mass is 561 g/mol. The van der Waals surface area contributed by atoms with E-state index in [4.69, 9.17) is 5.10 Å². The van der Waals surface area contributed by atoms with Gasteiger partial charge in [-0.05, 0) is 93.0 Å². The zero-order valence-electron chi connectivity index (χ0n) is 25.6. The average molecular weight is 562 g/mol. The second-order valence-corrected chi connectivity index (χ2v) is 11.8. The SMILES string of the molecule is C=C/C(=C\C(=C/C)C(=C)/C=c1/c(-c2cc3c(N4CCCCC4)cccc3[nH]2)n[nH]/c1=C/C)NC(=C)CC1CCCCC1. The number of hydrogen-bond acceptors (Lipinski definition) is 3. The summed E-state index contributed by atoms with van der Waals surface area (Å²) in [7, 11) is 0. The molecule has 42 heavy (non-hydrogen) atoms. The van der Waals surface area contributed by atoms with Crippen LogP contribution in [0.1, 0.15) is 71.6 Å². The molecular formula is C37H47N5. The van der Waals surface area contributed by atoms with E-state index in [0.717, 1.165) is 75.4 Å². The summed E-state index contributed by atoms with van der Waals surface area (Å²) in [6, 6.07) is 8.80. The maximum absolute atomic E-state index is 4.76. The van der Waals surface area contributed by atoms with Crippen LogP contribution in [0.5, 0.6) is 0 Å². The molecule has 5 heteroatoms. The van der Waals surface area contributed by atoms with Crippen LogP contribution >= 0.6 is 0 Å². The van der Waals surface area contributed by atoms with Crippen LogP contribution in [0.2, 0.25) is 0 Å². The largest absolute Gasteiger partial charge is 0.371 e. The van der Waals surface area contributed by atoms with Gasteiger partial charge in [-0.1, -0.05) is 70.1 Å². The number of rotatable bonds is 10. The molecule has 2 aromatic heterocycles. The first kappa shape index (κ1) is 29.5. The molecule has 0 radical (unpaired) electrons. The van der Waals surface area contributed by atoms with Crippen LogP contribution in [0.3, 0.4) is 0 Å². The number of aromatic nitrogens is 3. The molecule has 220 valence electrons. The summed E-state index contributed by atoms with van der Waals surface area (Å²) in [6.07, 6.45) is 21.8. The van der Waals surface area contributed by atoms with Crippen molar-refractivity contribution in [3.8, 4) is 11.4 Å². The van der Waals surface area contributed by atoms with Gasteiger partial charge in [0.2, 0.25) is 0 Å². The molecule has 0 bridgehead atoms. The zero-order chi connectivity index (χ0) is 29.5. The van der Waals surface area contributed by atoms with Gasteiger partial charge in [0.05, 0.1) is 11.0 Å². The first-order valence-corrected chi connectivity index (χ1v) is 15.7. The molecule has 5 rings (SSSR count).